The van der Waals surface area contributed by atoms with Crippen LogP contribution in [0.25, 0.3) is 5.65 Å². The van der Waals surface area contributed by atoms with E-state index in [4.69, 9.17) is 0 Å². The zero-order chi connectivity index (χ0) is 20.9. The molecule has 2 fully saturated rings. The summed E-state index contributed by atoms with van der Waals surface area (Å²) in [5, 5.41) is 4.23. The van der Waals surface area contributed by atoms with Crippen LogP contribution in [-0.2, 0) is 16.6 Å². The summed E-state index contributed by atoms with van der Waals surface area (Å²) in [5.74, 6) is -0.388. The normalized spacial score (nSPS) is 24.3. The highest BCUT2D eigenvalue weighted by Gasteiger charge is 2.50. The molecular weight excluding hydrogens is 372 g/mol. The third kappa shape index (κ3) is 2.99. The van der Waals surface area contributed by atoms with E-state index < -0.39 is 0 Å². The van der Waals surface area contributed by atoms with Crippen LogP contribution in [-0.4, -0.2) is 85.4 Å². The molecule has 0 N–H and O–H groups in total. The number of carbonyl (C=O) groups excluding carboxylic acids is 3. The standard InChI is InChI=1S/C20H28N6O3/c1-5-16-14(19(28)22(3)6-2)9-13-11-24(12-17(27)26(13)16)20(29)15-10-21-25-8-7-23(4)18(15)25/h7-8,10,13-14,16H,5-6,9,11-12H2,1-4H3/t13-,14-,16-/m0/s1. The maximum absolute atomic E-state index is 13.2. The lowest BCUT2D eigenvalue weighted by molar-refractivity contribution is -0.140. The molecule has 3 amide bonds. The quantitative estimate of drug-likeness (QED) is 0.753. The molecule has 2 aromatic heterocycles. The SMILES string of the molecule is CC[C@H]1[C@@H](C(=O)N(C)CC)C[C@H]2CN(C(=O)c3cnn4ccn(C)c34)CC(=O)N21. The monoisotopic (exact) mass is 400 g/mol. The van der Waals surface area contributed by atoms with Crippen LogP contribution in [0.4, 0.5) is 0 Å². The van der Waals surface area contributed by atoms with Crippen LogP contribution >= 0.6 is 0 Å². The topological polar surface area (TPSA) is 83.2 Å². The zero-order valence-electron chi connectivity index (χ0n) is 17.4. The summed E-state index contributed by atoms with van der Waals surface area (Å²) in [6.45, 7) is 5.09. The van der Waals surface area contributed by atoms with Crippen LogP contribution in [0.2, 0.25) is 0 Å². The van der Waals surface area contributed by atoms with E-state index in [0.717, 1.165) is 6.42 Å². The minimum absolute atomic E-state index is 0.0398. The number of aromatic nitrogens is 3. The lowest BCUT2D eigenvalue weighted by Gasteiger charge is -2.39. The molecule has 4 heterocycles. The number of amides is 3. The van der Waals surface area contributed by atoms with Gasteiger partial charge in [0.1, 0.15) is 17.8 Å². The van der Waals surface area contributed by atoms with Gasteiger partial charge >= 0.3 is 0 Å². The first kappa shape index (κ1) is 19.5. The molecule has 0 saturated carbocycles. The number of nitrogens with zero attached hydrogens (tertiary/aromatic N) is 6. The van der Waals surface area contributed by atoms with Gasteiger partial charge in [0.15, 0.2) is 0 Å². The number of piperazine rings is 1. The summed E-state index contributed by atoms with van der Waals surface area (Å²) in [6.07, 6.45) is 6.52. The molecule has 0 spiro atoms. The molecule has 0 aromatic carbocycles. The Morgan fingerprint density at radius 2 is 2.03 bits per heavy atom. The van der Waals surface area contributed by atoms with Crippen LogP contribution < -0.4 is 0 Å². The number of aryl methyl sites for hydroxylation is 1. The number of hydrogen-bond acceptors (Lipinski definition) is 4. The summed E-state index contributed by atoms with van der Waals surface area (Å²) in [5.41, 5.74) is 1.20. The van der Waals surface area contributed by atoms with Crippen molar-refractivity contribution in [3.63, 3.8) is 0 Å². The fourth-order valence-corrected chi connectivity index (χ4v) is 4.86. The largest absolute Gasteiger partial charge is 0.346 e. The molecule has 4 rings (SSSR count). The number of fused-ring (bicyclic) bond motifs is 2. The summed E-state index contributed by atoms with van der Waals surface area (Å²) in [4.78, 5) is 44.2. The molecule has 2 saturated heterocycles. The molecule has 0 bridgehead atoms. The van der Waals surface area contributed by atoms with E-state index in [2.05, 4.69) is 5.10 Å². The van der Waals surface area contributed by atoms with Gasteiger partial charge < -0.3 is 19.3 Å². The van der Waals surface area contributed by atoms with Crippen molar-refractivity contribution in [1.82, 2.24) is 28.9 Å². The van der Waals surface area contributed by atoms with Gasteiger partial charge in [-0.15, -0.1) is 0 Å². The highest BCUT2D eigenvalue weighted by molar-refractivity contribution is 6.02. The van der Waals surface area contributed by atoms with Gasteiger partial charge in [-0.2, -0.15) is 5.10 Å². The second-order valence-corrected chi connectivity index (χ2v) is 8.05. The molecule has 2 aliphatic rings. The van der Waals surface area contributed by atoms with Crippen molar-refractivity contribution < 1.29 is 14.4 Å². The van der Waals surface area contributed by atoms with Crippen molar-refractivity contribution in [3.8, 4) is 0 Å². The van der Waals surface area contributed by atoms with Gasteiger partial charge in [-0.1, -0.05) is 6.92 Å². The molecule has 9 heteroatoms. The molecule has 0 radical (unpaired) electrons. The van der Waals surface area contributed by atoms with Crippen molar-refractivity contribution in [2.24, 2.45) is 13.0 Å². The van der Waals surface area contributed by atoms with Crippen molar-refractivity contribution in [2.45, 2.75) is 38.8 Å². The molecule has 156 valence electrons. The van der Waals surface area contributed by atoms with Gasteiger partial charge in [0.05, 0.1) is 18.2 Å². The summed E-state index contributed by atoms with van der Waals surface area (Å²) >= 11 is 0. The molecule has 2 aromatic rings. The number of hydrogen-bond donors (Lipinski definition) is 0. The Bertz CT molecular complexity index is 963. The molecule has 3 atom stereocenters. The summed E-state index contributed by atoms with van der Waals surface area (Å²) in [7, 11) is 3.66. The van der Waals surface area contributed by atoms with Gasteiger partial charge in [0.2, 0.25) is 11.8 Å². The molecule has 2 aliphatic heterocycles. The predicted molar refractivity (Wildman–Crippen MR) is 106 cm³/mol. The van der Waals surface area contributed by atoms with Gasteiger partial charge in [-0.25, -0.2) is 4.52 Å². The maximum atomic E-state index is 13.2. The van der Waals surface area contributed by atoms with Crippen LogP contribution in [0, 0.1) is 5.92 Å². The van der Waals surface area contributed by atoms with Crippen molar-refractivity contribution in [3.05, 3.63) is 24.2 Å². The van der Waals surface area contributed by atoms with Crippen molar-refractivity contribution in [1.29, 1.82) is 0 Å². The molecule has 29 heavy (non-hydrogen) atoms. The second kappa shape index (κ2) is 7.20. The first-order valence-electron chi connectivity index (χ1n) is 10.2. The minimum atomic E-state index is -0.204. The Balaban J connectivity index is 1.58. The van der Waals surface area contributed by atoms with E-state index in [-0.39, 0.29) is 42.3 Å². The Morgan fingerprint density at radius 3 is 2.72 bits per heavy atom. The van der Waals surface area contributed by atoms with Crippen LogP contribution in [0.1, 0.15) is 37.0 Å². The Morgan fingerprint density at radius 1 is 1.28 bits per heavy atom. The fourth-order valence-electron chi connectivity index (χ4n) is 4.86. The third-order valence-electron chi connectivity index (χ3n) is 6.42. The van der Waals surface area contributed by atoms with Gasteiger partial charge in [0, 0.05) is 45.6 Å². The fraction of sp³-hybridized carbons (Fsp3) is 0.600. The number of carbonyl (C=O) groups is 3. The summed E-state index contributed by atoms with van der Waals surface area (Å²) in [6, 6.07) is -0.217. The smallest absolute Gasteiger partial charge is 0.259 e. The lowest BCUT2D eigenvalue weighted by Crippen LogP contribution is -2.57. The predicted octanol–water partition coefficient (Wildman–Crippen LogP) is 0.603. The maximum Gasteiger partial charge on any atom is 0.259 e. The lowest BCUT2D eigenvalue weighted by atomic mass is 9.95. The molecule has 0 unspecified atom stereocenters. The minimum Gasteiger partial charge on any atom is -0.346 e. The van der Waals surface area contributed by atoms with Crippen molar-refractivity contribution in [2.75, 3.05) is 26.7 Å². The first-order valence-corrected chi connectivity index (χ1v) is 10.2. The molecule has 9 nitrogen and oxygen atoms in total. The van der Waals surface area contributed by atoms with E-state index in [1.165, 1.54) is 0 Å². The number of imidazole rings is 1. The van der Waals surface area contributed by atoms with Gasteiger partial charge in [-0.3, -0.25) is 14.4 Å². The van der Waals surface area contributed by atoms with E-state index in [0.29, 0.717) is 30.7 Å². The molecular formula is C20H28N6O3. The van der Waals surface area contributed by atoms with Gasteiger partial charge in [-0.05, 0) is 19.8 Å². The third-order valence-corrected chi connectivity index (χ3v) is 6.42. The van der Waals surface area contributed by atoms with Crippen molar-refractivity contribution >= 4 is 23.4 Å². The van der Waals surface area contributed by atoms with Crippen LogP contribution in [0.3, 0.4) is 0 Å². The van der Waals surface area contributed by atoms with E-state index >= 15 is 0 Å². The average Bonchev–Trinajstić information content (AvgIpc) is 3.40. The molecule has 0 aliphatic carbocycles. The zero-order valence-corrected chi connectivity index (χ0v) is 17.4. The highest BCUT2D eigenvalue weighted by atomic mass is 16.2. The van der Waals surface area contributed by atoms with Crippen LogP contribution in [0.5, 0.6) is 0 Å². The first-order chi connectivity index (χ1) is 13.9. The van der Waals surface area contributed by atoms with E-state index in [1.807, 2.05) is 36.6 Å². The number of rotatable bonds is 4. The Hall–Kier alpha value is -2.84. The van der Waals surface area contributed by atoms with Gasteiger partial charge in [0.25, 0.3) is 5.91 Å². The van der Waals surface area contributed by atoms with Crippen LogP contribution in [0.15, 0.2) is 18.6 Å². The average molecular weight is 400 g/mol. The highest BCUT2D eigenvalue weighted by Crippen LogP contribution is 2.36. The summed E-state index contributed by atoms with van der Waals surface area (Å²) < 4.78 is 3.50. The van der Waals surface area contributed by atoms with E-state index in [1.54, 1.807) is 33.8 Å². The van der Waals surface area contributed by atoms with E-state index in [9.17, 15) is 14.4 Å². The Kier molecular flexibility index (Phi) is 4.84. The Labute approximate surface area is 169 Å². The second-order valence-electron chi connectivity index (χ2n) is 8.05.